The van der Waals surface area contributed by atoms with Crippen LogP contribution in [0.3, 0.4) is 0 Å². The van der Waals surface area contributed by atoms with Crippen molar-refractivity contribution in [2.75, 3.05) is 20.3 Å². The second-order valence-electron chi connectivity index (χ2n) is 6.78. The van der Waals surface area contributed by atoms with Crippen LogP contribution in [0.1, 0.15) is 17.4 Å². The van der Waals surface area contributed by atoms with Crippen LogP contribution in [0.5, 0.6) is 5.75 Å². The van der Waals surface area contributed by atoms with Gasteiger partial charge in [0.2, 0.25) is 0 Å². The van der Waals surface area contributed by atoms with Crippen molar-refractivity contribution in [2.24, 2.45) is 0 Å². The lowest BCUT2D eigenvalue weighted by molar-refractivity contribution is -0.384. The number of rotatable bonds is 4. The Labute approximate surface area is 164 Å². The van der Waals surface area contributed by atoms with E-state index in [2.05, 4.69) is 10.3 Å². The van der Waals surface area contributed by atoms with Crippen molar-refractivity contribution < 1.29 is 14.1 Å². The number of non-ortho nitro benzene ring substituents is 1. The van der Waals surface area contributed by atoms with Crippen LogP contribution in [0.25, 0.3) is 16.6 Å². The molecular formula is C19H18FN5O4. The lowest BCUT2D eigenvalue weighted by Gasteiger charge is -2.18. The third kappa shape index (κ3) is 3.32. The summed E-state index contributed by atoms with van der Waals surface area (Å²) in [5.41, 5.74) is 0.727. The molecular weight excluding hydrogens is 381 g/mol. The van der Waals surface area contributed by atoms with E-state index in [1.165, 1.54) is 23.8 Å². The number of aromatic nitrogens is 2. The number of nitro groups is 1. The highest BCUT2D eigenvalue weighted by atomic mass is 19.2. The van der Waals surface area contributed by atoms with Gasteiger partial charge in [-0.2, -0.15) is 0 Å². The maximum Gasteiger partial charge on any atom is 0.270 e. The number of benzene rings is 2. The third-order valence-corrected chi connectivity index (χ3v) is 4.92. The number of ether oxygens (including phenoxy) is 1. The maximum absolute atomic E-state index is 13.7. The van der Waals surface area contributed by atoms with Crippen molar-refractivity contribution >= 4 is 16.6 Å². The number of halogens is 1. The summed E-state index contributed by atoms with van der Waals surface area (Å²) in [5, 5.41) is 15.0. The normalized spacial score (nSPS) is 17.0. The first-order valence-electron chi connectivity index (χ1n) is 8.89. The van der Waals surface area contributed by atoms with Gasteiger partial charge >= 0.3 is 0 Å². The van der Waals surface area contributed by atoms with Crippen LogP contribution in [0.15, 0.2) is 41.2 Å². The molecule has 9 nitrogen and oxygen atoms in total. The predicted molar refractivity (Wildman–Crippen MR) is 104 cm³/mol. The molecule has 4 rings (SSSR count). The highest BCUT2D eigenvalue weighted by Gasteiger charge is 2.29. The molecule has 10 heteroatoms. The van der Waals surface area contributed by atoms with E-state index in [0.717, 1.165) is 0 Å². The fourth-order valence-corrected chi connectivity index (χ4v) is 3.49. The summed E-state index contributed by atoms with van der Waals surface area (Å²) in [4.78, 5) is 28.7. The first-order chi connectivity index (χ1) is 13.9. The summed E-state index contributed by atoms with van der Waals surface area (Å²) in [5.74, 6) is 0.947. The molecule has 1 unspecified atom stereocenters. The predicted octanol–water partition coefficient (Wildman–Crippen LogP) is 2.40. The standard InChI is InChI=1S/C19H18FN5O4/c1-11-7-13(25(27)28)8-15-17(11)22-18(16-9-23(20)10-21-16)24(19(15)26)12-3-5-14(29-2)6-4-12/h3-8,16,21H,9-10H2,1-2H3. The van der Waals surface area contributed by atoms with Gasteiger partial charge in [0, 0.05) is 12.1 Å². The Morgan fingerprint density at radius 3 is 2.62 bits per heavy atom. The van der Waals surface area contributed by atoms with E-state index in [1.807, 2.05) is 0 Å². The second kappa shape index (κ2) is 7.22. The van der Waals surface area contributed by atoms with Gasteiger partial charge in [0.05, 0.1) is 47.9 Å². The number of nitro benzene ring substituents is 1. The van der Waals surface area contributed by atoms with Crippen LogP contribution < -0.4 is 15.6 Å². The summed E-state index contributed by atoms with van der Waals surface area (Å²) < 4.78 is 20.2. The number of nitrogens with one attached hydrogen (secondary N) is 1. The van der Waals surface area contributed by atoms with E-state index < -0.39 is 16.5 Å². The number of methoxy groups -OCH3 is 1. The summed E-state index contributed by atoms with van der Waals surface area (Å²) in [6.45, 7) is 1.70. The third-order valence-electron chi connectivity index (χ3n) is 4.92. The van der Waals surface area contributed by atoms with Crippen molar-refractivity contribution in [3.63, 3.8) is 0 Å². The molecule has 1 fully saturated rings. The van der Waals surface area contributed by atoms with Gasteiger partial charge < -0.3 is 4.74 Å². The number of fused-ring (bicyclic) bond motifs is 1. The van der Waals surface area contributed by atoms with Gasteiger partial charge in [-0.3, -0.25) is 24.8 Å². The topological polar surface area (TPSA) is 103 Å². The minimum absolute atomic E-state index is 0.0143. The molecule has 29 heavy (non-hydrogen) atoms. The summed E-state index contributed by atoms with van der Waals surface area (Å²) >= 11 is 0. The Morgan fingerprint density at radius 1 is 1.31 bits per heavy atom. The molecule has 0 bridgehead atoms. The van der Waals surface area contributed by atoms with Crippen LogP contribution in [-0.4, -0.2) is 39.9 Å². The van der Waals surface area contributed by atoms with Crippen LogP contribution in [0.2, 0.25) is 0 Å². The van der Waals surface area contributed by atoms with Crippen LogP contribution in [0, 0.1) is 17.0 Å². The van der Waals surface area contributed by atoms with Gasteiger partial charge in [0.1, 0.15) is 11.6 Å². The molecule has 3 aromatic rings. The highest BCUT2D eigenvalue weighted by Crippen LogP contribution is 2.26. The molecule has 1 saturated heterocycles. The Kier molecular flexibility index (Phi) is 4.73. The zero-order chi connectivity index (χ0) is 20.7. The number of aryl methyl sites for hydroxylation is 1. The Morgan fingerprint density at radius 2 is 2.03 bits per heavy atom. The minimum Gasteiger partial charge on any atom is -0.497 e. The maximum atomic E-state index is 13.7. The van der Waals surface area contributed by atoms with Gasteiger partial charge in [-0.25, -0.2) is 4.98 Å². The number of hydrogen-bond donors (Lipinski definition) is 1. The number of hydrogen-bond acceptors (Lipinski definition) is 7. The molecule has 150 valence electrons. The molecule has 1 N–H and O–H groups in total. The van der Waals surface area contributed by atoms with Crippen molar-refractivity contribution in [3.05, 3.63) is 68.3 Å². The van der Waals surface area contributed by atoms with Crippen LogP contribution >= 0.6 is 0 Å². The monoisotopic (exact) mass is 399 g/mol. The van der Waals surface area contributed by atoms with Gasteiger partial charge in [-0.15, -0.1) is 9.60 Å². The molecule has 0 radical (unpaired) electrons. The first-order valence-corrected chi connectivity index (χ1v) is 8.89. The molecule has 0 saturated carbocycles. The molecule has 1 aliphatic rings. The van der Waals surface area contributed by atoms with Crippen molar-refractivity contribution in [2.45, 2.75) is 13.0 Å². The van der Waals surface area contributed by atoms with E-state index in [9.17, 15) is 19.4 Å². The second-order valence-corrected chi connectivity index (χ2v) is 6.78. The highest BCUT2D eigenvalue weighted by molar-refractivity contribution is 5.84. The Bertz CT molecular complexity index is 1160. The molecule has 1 atom stereocenters. The average molecular weight is 399 g/mol. The molecule has 1 aliphatic heterocycles. The van der Waals surface area contributed by atoms with E-state index in [0.29, 0.717) is 33.5 Å². The fraction of sp³-hybridized carbons (Fsp3) is 0.263. The summed E-state index contributed by atoms with van der Waals surface area (Å²) in [6, 6.07) is 8.84. The van der Waals surface area contributed by atoms with Gasteiger partial charge in [-0.1, -0.05) is 0 Å². The van der Waals surface area contributed by atoms with Gasteiger partial charge in [0.15, 0.2) is 0 Å². The van der Waals surface area contributed by atoms with Crippen LogP contribution in [-0.2, 0) is 0 Å². The molecule has 0 spiro atoms. The molecule has 2 aromatic carbocycles. The zero-order valence-corrected chi connectivity index (χ0v) is 15.8. The van der Waals surface area contributed by atoms with E-state index in [1.54, 1.807) is 31.2 Å². The van der Waals surface area contributed by atoms with Crippen LogP contribution in [0.4, 0.5) is 10.2 Å². The van der Waals surface area contributed by atoms with Gasteiger partial charge in [-0.05, 0) is 36.8 Å². The smallest absolute Gasteiger partial charge is 0.270 e. The largest absolute Gasteiger partial charge is 0.497 e. The molecule has 0 amide bonds. The van der Waals surface area contributed by atoms with Crippen molar-refractivity contribution in [1.29, 1.82) is 0 Å². The quantitative estimate of drug-likeness (QED) is 0.408. The summed E-state index contributed by atoms with van der Waals surface area (Å²) in [6.07, 6.45) is 0. The van der Waals surface area contributed by atoms with E-state index in [4.69, 9.17) is 4.74 Å². The fourth-order valence-electron chi connectivity index (χ4n) is 3.49. The molecule has 1 aromatic heterocycles. The SMILES string of the molecule is COc1ccc(-n2c(C3CN(F)CN3)nc3c(C)cc([N+](=O)[O-])cc3c2=O)cc1. The Hall–Kier alpha value is -3.37. The van der Waals surface area contributed by atoms with Crippen molar-refractivity contribution in [1.82, 2.24) is 20.0 Å². The van der Waals surface area contributed by atoms with E-state index in [-0.39, 0.29) is 24.3 Å². The molecule has 2 heterocycles. The summed E-state index contributed by atoms with van der Waals surface area (Å²) in [7, 11) is 1.53. The number of nitrogens with zero attached hydrogens (tertiary/aromatic N) is 4. The van der Waals surface area contributed by atoms with E-state index >= 15 is 0 Å². The zero-order valence-electron chi connectivity index (χ0n) is 15.8. The lowest BCUT2D eigenvalue weighted by Crippen LogP contribution is -2.30. The van der Waals surface area contributed by atoms with Crippen molar-refractivity contribution in [3.8, 4) is 11.4 Å². The van der Waals surface area contributed by atoms with Gasteiger partial charge in [0.25, 0.3) is 11.2 Å². The first kappa shape index (κ1) is 19.0. The Balaban J connectivity index is 2.02. The molecule has 0 aliphatic carbocycles. The average Bonchev–Trinajstić information content (AvgIpc) is 3.14. The minimum atomic E-state index is -0.545. The lowest BCUT2D eigenvalue weighted by atomic mass is 10.1.